The average Bonchev–Trinajstić information content (AvgIpc) is 2.84. The van der Waals surface area contributed by atoms with Gasteiger partial charge in [0.25, 0.3) is 5.91 Å². The molecule has 0 aliphatic carbocycles. The smallest absolute Gasteiger partial charge is 0.273 e. The van der Waals surface area contributed by atoms with E-state index >= 15 is 0 Å². The van der Waals surface area contributed by atoms with Crippen LogP contribution in [0.25, 0.3) is 0 Å². The summed E-state index contributed by atoms with van der Waals surface area (Å²) in [7, 11) is 0. The van der Waals surface area contributed by atoms with Gasteiger partial charge in [0.15, 0.2) is 5.69 Å². The van der Waals surface area contributed by atoms with E-state index in [1.54, 1.807) is 6.07 Å². The molecule has 2 heterocycles. The highest BCUT2D eigenvalue weighted by Gasteiger charge is 2.22. The first-order valence-corrected chi connectivity index (χ1v) is 6.35. The van der Waals surface area contributed by atoms with Gasteiger partial charge in [0, 0.05) is 19.3 Å². The molecule has 0 aromatic carbocycles. The first-order valence-electron chi connectivity index (χ1n) is 6.35. The Balaban J connectivity index is 1.84. The topological polar surface area (TPSA) is 65.5 Å². The Labute approximate surface area is 107 Å². The summed E-state index contributed by atoms with van der Waals surface area (Å²) >= 11 is 0. The third-order valence-corrected chi connectivity index (χ3v) is 3.37. The molecule has 0 saturated carbocycles. The molecule has 1 aliphatic rings. The molecule has 5 nitrogen and oxygen atoms in total. The van der Waals surface area contributed by atoms with E-state index in [4.69, 9.17) is 0 Å². The van der Waals surface area contributed by atoms with E-state index < -0.39 is 0 Å². The molecule has 1 aromatic rings. The molecule has 1 aliphatic heterocycles. The van der Waals surface area contributed by atoms with Crippen LogP contribution in [0.5, 0.6) is 5.75 Å². The maximum absolute atomic E-state index is 11.8. The normalized spacial score (nSPS) is 19.9. The summed E-state index contributed by atoms with van der Waals surface area (Å²) in [6.45, 7) is 5.99. The minimum absolute atomic E-state index is 0.0726. The van der Waals surface area contributed by atoms with Gasteiger partial charge in [-0.05, 0) is 37.6 Å². The van der Waals surface area contributed by atoms with E-state index in [1.807, 2.05) is 0 Å². The molecule has 1 saturated heterocycles. The number of hydrogen-bond donors (Lipinski definition) is 2. The third kappa shape index (κ3) is 2.98. The van der Waals surface area contributed by atoms with Gasteiger partial charge in [0.2, 0.25) is 0 Å². The van der Waals surface area contributed by atoms with Crippen LogP contribution in [-0.4, -0.2) is 47.1 Å². The van der Waals surface area contributed by atoms with Gasteiger partial charge < -0.3 is 15.3 Å². The number of carbonyl (C=O) groups is 1. The minimum Gasteiger partial charge on any atom is -0.505 e. The number of aromatic hydroxyl groups is 1. The van der Waals surface area contributed by atoms with Crippen LogP contribution in [0.2, 0.25) is 0 Å². The molecule has 1 amide bonds. The van der Waals surface area contributed by atoms with Gasteiger partial charge in [-0.25, -0.2) is 4.98 Å². The van der Waals surface area contributed by atoms with Gasteiger partial charge in [0.1, 0.15) is 5.75 Å². The Hall–Kier alpha value is -1.62. The molecule has 1 atom stereocenters. The monoisotopic (exact) mass is 249 g/mol. The van der Waals surface area contributed by atoms with Crippen LogP contribution in [0.1, 0.15) is 23.8 Å². The Kier molecular flexibility index (Phi) is 4.15. The van der Waals surface area contributed by atoms with Crippen molar-refractivity contribution >= 4 is 5.91 Å². The molecule has 98 valence electrons. The van der Waals surface area contributed by atoms with Crippen molar-refractivity contribution in [3.63, 3.8) is 0 Å². The van der Waals surface area contributed by atoms with E-state index in [-0.39, 0.29) is 17.4 Å². The SMILES string of the molecule is CCN1CCC(CNC(=O)c2ncccc2O)C1. The van der Waals surface area contributed by atoms with Crippen LogP contribution < -0.4 is 5.32 Å². The zero-order chi connectivity index (χ0) is 13.0. The number of nitrogens with zero attached hydrogens (tertiary/aromatic N) is 2. The number of carbonyl (C=O) groups excluding carboxylic acids is 1. The summed E-state index contributed by atoms with van der Waals surface area (Å²) in [4.78, 5) is 18.1. The van der Waals surface area contributed by atoms with Gasteiger partial charge in [-0.1, -0.05) is 6.92 Å². The van der Waals surface area contributed by atoms with Crippen molar-refractivity contribution in [2.24, 2.45) is 5.92 Å². The zero-order valence-corrected chi connectivity index (χ0v) is 10.6. The summed E-state index contributed by atoms with van der Waals surface area (Å²) in [5.41, 5.74) is 0.0999. The number of likely N-dealkylation sites (tertiary alicyclic amines) is 1. The maximum Gasteiger partial charge on any atom is 0.273 e. The molecular formula is C13H19N3O2. The molecule has 1 fully saturated rings. The molecular weight excluding hydrogens is 230 g/mol. The molecule has 2 N–H and O–H groups in total. The second-order valence-electron chi connectivity index (χ2n) is 4.63. The lowest BCUT2D eigenvalue weighted by Gasteiger charge is -2.13. The fraction of sp³-hybridized carbons (Fsp3) is 0.538. The van der Waals surface area contributed by atoms with Crippen LogP contribution in [0.15, 0.2) is 18.3 Å². The van der Waals surface area contributed by atoms with Crippen molar-refractivity contribution in [3.8, 4) is 5.75 Å². The molecule has 0 spiro atoms. The highest BCUT2D eigenvalue weighted by molar-refractivity contribution is 5.94. The van der Waals surface area contributed by atoms with E-state index in [0.717, 1.165) is 26.1 Å². The average molecular weight is 249 g/mol. The van der Waals surface area contributed by atoms with Crippen molar-refractivity contribution in [2.45, 2.75) is 13.3 Å². The Morgan fingerprint density at radius 3 is 3.17 bits per heavy atom. The summed E-state index contributed by atoms with van der Waals surface area (Å²) in [6, 6.07) is 3.07. The second kappa shape index (κ2) is 5.82. The number of amides is 1. The standard InChI is InChI=1S/C13H19N3O2/c1-2-16-7-5-10(9-16)8-15-13(18)12-11(17)4-3-6-14-12/h3-4,6,10,17H,2,5,7-9H2,1H3,(H,15,18). The first kappa shape index (κ1) is 12.8. The molecule has 5 heteroatoms. The molecule has 0 radical (unpaired) electrons. The highest BCUT2D eigenvalue weighted by Crippen LogP contribution is 2.16. The van der Waals surface area contributed by atoms with Gasteiger partial charge >= 0.3 is 0 Å². The minimum atomic E-state index is -0.303. The third-order valence-electron chi connectivity index (χ3n) is 3.37. The van der Waals surface area contributed by atoms with E-state index in [2.05, 4.69) is 22.1 Å². The van der Waals surface area contributed by atoms with Crippen LogP contribution >= 0.6 is 0 Å². The molecule has 18 heavy (non-hydrogen) atoms. The largest absolute Gasteiger partial charge is 0.505 e. The molecule has 1 unspecified atom stereocenters. The quantitative estimate of drug-likeness (QED) is 0.830. The number of nitrogens with one attached hydrogen (secondary N) is 1. The van der Waals surface area contributed by atoms with Crippen molar-refractivity contribution in [3.05, 3.63) is 24.0 Å². The van der Waals surface area contributed by atoms with Gasteiger partial charge in [-0.2, -0.15) is 0 Å². The Morgan fingerprint density at radius 2 is 2.50 bits per heavy atom. The van der Waals surface area contributed by atoms with Crippen molar-refractivity contribution < 1.29 is 9.90 Å². The molecule has 2 rings (SSSR count). The van der Waals surface area contributed by atoms with E-state index in [9.17, 15) is 9.90 Å². The lowest BCUT2D eigenvalue weighted by Crippen LogP contribution is -2.31. The zero-order valence-electron chi connectivity index (χ0n) is 10.6. The maximum atomic E-state index is 11.8. The predicted molar refractivity (Wildman–Crippen MR) is 68.5 cm³/mol. The lowest BCUT2D eigenvalue weighted by molar-refractivity contribution is 0.0939. The number of rotatable bonds is 4. The van der Waals surface area contributed by atoms with E-state index in [0.29, 0.717) is 12.5 Å². The summed E-state index contributed by atoms with van der Waals surface area (Å²) in [5, 5.41) is 12.4. The Morgan fingerprint density at radius 1 is 1.67 bits per heavy atom. The van der Waals surface area contributed by atoms with Crippen LogP contribution in [0, 0.1) is 5.92 Å². The number of aromatic nitrogens is 1. The van der Waals surface area contributed by atoms with Crippen LogP contribution in [0.3, 0.4) is 0 Å². The van der Waals surface area contributed by atoms with Crippen LogP contribution in [0.4, 0.5) is 0 Å². The number of pyridine rings is 1. The fourth-order valence-corrected chi connectivity index (χ4v) is 2.26. The van der Waals surface area contributed by atoms with Crippen LogP contribution in [-0.2, 0) is 0 Å². The van der Waals surface area contributed by atoms with Gasteiger partial charge in [0.05, 0.1) is 0 Å². The first-order chi connectivity index (χ1) is 8.70. The Bertz CT molecular complexity index is 422. The predicted octanol–water partition coefficient (Wildman–Crippen LogP) is 0.859. The second-order valence-corrected chi connectivity index (χ2v) is 4.63. The van der Waals surface area contributed by atoms with Gasteiger partial charge in [-0.15, -0.1) is 0 Å². The summed E-state index contributed by atoms with van der Waals surface area (Å²) < 4.78 is 0. The van der Waals surface area contributed by atoms with Crippen molar-refractivity contribution in [1.29, 1.82) is 0 Å². The highest BCUT2D eigenvalue weighted by atomic mass is 16.3. The van der Waals surface area contributed by atoms with Crippen molar-refractivity contribution in [2.75, 3.05) is 26.2 Å². The van der Waals surface area contributed by atoms with E-state index in [1.165, 1.54) is 12.3 Å². The lowest BCUT2D eigenvalue weighted by atomic mass is 10.1. The molecule has 1 aromatic heterocycles. The number of hydrogen-bond acceptors (Lipinski definition) is 4. The summed E-state index contributed by atoms with van der Waals surface area (Å²) in [5.74, 6) is 0.124. The fourth-order valence-electron chi connectivity index (χ4n) is 2.26. The van der Waals surface area contributed by atoms with Gasteiger partial charge in [-0.3, -0.25) is 4.79 Å². The van der Waals surface area contributed by atoms with Crippen molar-refractivity contribution in [1.82, 2.24) is 15.2 Å². The summed E-state index contributed by atoms with van der Waals surface area (Å²) in [6.07, 6.45) is 2.62. The molecule has 0 bridgehead atoms.